The summed E-state index contributed by atoms with van der Waals surface area (Å²) < 4.78 is 10.3. The van der Waals surface area contributed by atoms with Gasteiger partial charge < -0.3 is 15.2 Å². The van der Waals surface area contributed by atoms with Crippen LogP contribution in [0.3, 0.4) is 0 Å². The van der Waals surface area contributed by atoms with Crippen LogP contribution in [0.2, 0.25) is 0 Å². The molecule has 0 aliphatic rings. The summed E-state index contributed by atoms with van der Waals surface area (Å²) in [5, 5.41) is 0. The van der Waals surface area contributed by atoms with Crippen LogP contribution in [0.5, 0.6) is 0 Å². The zero-order chi connectivity index (χ0) is 12.6. The van der Waals surface area contributed by atoms with Gasteiger partial charge in [-0.25, -0.2) is 0 Å². The highest BCUT2D eigenvalue weighted by Crippen LogP contribution is 2.12. The molecule has 0 heterocycles. The monoisotopic (exact) mass is 231 g/mol. The van der Waals surface area contributed by atoms with E-state index in [0.29, 0.717) is 19.4 Å². The van der Waals surface area contributed by atoms with E-state index in [9.17, 15) is 4.79 Å². The second-order valence-corrected chi connectivity index (χ2v) is 4.69. The molecule has 1 unspecified atom stereocenters. The predicted molar refractivity (Wildman–Crippen MR) is 64.2 cm³/mol. The fraction of sp³-hybridized carbons (Fsp3) is 0.917. The summed E-state index contributed by atoms with van der Waals surface area (Å²) in [7, 11) is 1.65. The van der Waals surface area contributed by atoms with Crippen LogP contribution in [-0.2, 0) is 14.3 Å². The van der Waals surface area contributed by atoms with E-state index in [1.165, 1.54) is 0 Å². The summed E-state index contributed by atoms with van der Waals surface area (Å²) >= 11 is 0. The van der Waals surface area contributed by atoms with Crippen LogP contribution in [0.4, 0.5) is 0 Å². The van der Waals surface area contributed by atoms with E-state index >= 15 is 0 Å². The fourth-order valence-corrected chi connectivity index (χ4v) is 1.26. The lowest BCUT2D eigenvalue weighted by Crippen LogP contribution is -2.27. The molecule has 0 amide bonds. The van der Waals surface area contributed by atoms with Crippen LogP contribution >= 0.6 is 0 Å². The molecule has 1 atom stereocenters. The van der Waals surface area contributed by atoms with Gasteiger partial charge in [-0.3, -0.25) is 4.79 Å². The van der Waals surface area contributed by atoms with Gasteiger partial charge in [0.2, 0.25) is 0 Å². The van der Waals surface area contributed by atoms with Crippen molar-refractivity contribution in [1.29, 1.82) is 0 Å². The number of hydrogen-bond acceptors (Lipinski definition) is 4. The number of carbonyl (C=O) groups is 1. The maximum absolute atomic E-state index is 11.4. The summed E-state index contributed by atoms with van der Waals surface area (Å²) in [6.45, 7) is 6.36. The van der Waals surface area contributed by atoms with E-state index < -0.39 is 0 Å². The van der Waals surface area contributed by atoms with Gasteiger partial charge in [-0.2, -0.15) is 0 Å². The number of ether oxygens (including phenoxy) is 2. The van der Waals surface area contributed by atoms with E-state index in [4.69, 9.17) is 15.2 Å². The Morgan fingerprint density at radius 3 is 2.56 bits per heavy atom. The third kappa shape index (κ3) is 7.65. The van der Waals surface area contributed by atoms with Crippen molar-refractivity contribution in [3.05, 3.63) is 0 Å². The highest BCUT2D eigenvalue weighted by molar-refractivity contribution is 5.70. The van der Waals surface area contributed by atoms with Crippen LogP contribution in [0.25, 0.3) is 0 Å². The zero-order valence-electron chi connectivity index (χ0n) is 10.9. The molecule has 2 N–H and O–H groups in total. The number of hydrogen-bond donors (Lipinski definition) is 1. The first-order valence-electron chi connectivity index (χ1n) is 5.87. The van der Waals surface area contributed by atoms with Gasteiger partial charge in [0.15, 0.2) is 0 Å². The summed E-state index contributed by atoms with van der Waals surface area (Å²) in [6.07, 6.45) is 2.85. The van der Waals surface area contributed by atoms with Gasteiger partial charge in [-0.15, -0.1) is 0 Å². The summed E-state index contributed by atoms with van der Waals surface area (Å²) in [6, 6.07) is -0.0760. The lowest BCUT2D eigenvalue weighted by atomic mass is 10.1. The Balaban J connectivity index is 3.66. The smallest absolute Gasteiger partial charge is 0.307 e. The van der Waals surface area contributed by atoms with Crippen LogP contribution in [0, 0.1) is 0 Å². The highest BCUT2D eigenvalue weighted by atomic mass is 16.5. The molecule has 16 heavy (non-hydrogen) atoms. The van der Waals surface area contributed by atoms with E-state index in [1.54, 1.807) is 7.11 Å². The minimum atomic E-state index is -0.244. The molecule has 0 rings (SSSR count). The average Bonchev–Trinajstić information content (AvgIpc) is 2.17. The first-order valence-corrected chi connectivity index (χ1v) is 5.87. The zero-order valence-corrected chi connectivity index (χ0v) is 10.9. The number of methoxy groups -OCH3 is 1. The molecule has 4 nitrogen and oxygen atoms in total. The van der Waals surface area contributed by atoms with Crippen molar-refractivity contribution in [1.82, 2.24) is 0 Å². The molecule has 0 spiro atoms. The largest absolute Gasteiger partial charge is 0.466 e. The normalized spacial score (nSPS) is 13.6. The minimum absolute atomic E-state index is 0.0760. The Labute approximate surface area is 98.5 Å². The van der Waals surface area contributed by atoms with Gasteiger partial charge in [0.1, 0.15) is 0 Å². The van der Waals surface area contributed by atoms with Crippen molar-refractivity contribution in [3.63, 3.8) is 0 Å². The van der Waals surface area contributed by atoms with Gasteiger partial charge in [0.05, 0.1) is 18.6 Å². The Morgan fingerprint density at radius 2 is 2.06 bits per heavy atom. The first kappa shape index (κ1) is 15.4. The number of nitrogens with two attached hydrogens (primary N) is 1. The lowest BCUT2D eigenvalue weighted by molar-refractivity contribution is -0.145. The van der Waals surface area contributed by atoms with E-state index in [-0.39, 0.29) is 17.6 Å². The van der Waals surface area contributed by atoms with E-state index in [2.05, 4.69) is 0 Å². The molecular weight excluding hydrogens is 206 g/mol. The molecule has 96 valence electrons. The van der Waals surface area contributed by atoms with Crippen molar-refractivity contribution >= 4 is 5.97 Å². The number of esters is 1. The van der Waals surface area contributed by atoms with Gasteiger partial charge in [-0.05, 0) is 20.3 Å². The average molecular weight is 231 g/mol. The molecule has 0 saturated carbocycles. The summed E-state index contributed by atoms with van der Waals surface area (Å²) in [5.41, 5.74) is 5.50. The van der Waals surface area contributed by atoms with Crippen LogP contribution < -0.4 is 5.73 Å². The maximum Gasteiger partial charge on any atom is 0.307 e. The van der Waals surface area contributed by atoms with E-state index in [1.807, 2.05) is 20.8 Å². The highest BCUT2D eigenvalue weighted by Gasteiger charge is 2.17. The first-order chi connectivity index (χ1) is 7.41. The van der Waals surface area contributed by atoms with Gasteiger partial charge in [-0.1, -0.05) is 13.3 Å². The number of carbonyl (C=O) groups excluding carboxylic acids is 1. The van der Waals surface area contributed by atoms with Crippen LogP contribution in [0.1, 0.15) is 46.5 Å². The summed E-state index contributed by atoms with van der Waals surface area (Å²) in [4.78, 5) is 11.4. The molecule has 0 aromatic carbocycles. The third-order valence-electron chi connectivity index (χ3n) is 2.61. The van der Waals surface area contributed by atoms with Gasteiger partial charge in [0.25, 0.3) is 0 Å². The molecule has 0 aromatic rings. The van der Waals surface area contributed by atoms with Crippen molar-refractivity contribution in [2.45, 2.75) is 58.1 Å². The summed E-state index contributed by atoms with van der Waals surface area (Å²) in [5.74, 6) is -0.215. The SMILES string of the molecule is CCCC(N)CC(=O)OCCC(C)(C)OC. The molecule has 0 radical (unpaired) electrons. The third-order valence-corrected chi connectivity index (χ3v) is 2.61. The Morgan fingerprint density at radius 1 is 1.44 bits per heavy atom. The molecule has 0 aliphatic carbocycles. The van der Waals surface area contributed by atoms with Crippen molar-refractivity contribution in [3.8, 4) is 0 Å². The van der Waals surface area contributed by atoms with Crippen LogP contribution in [-0.4, -0.2) is 31.3 Å². The Hall–Kier alpha value is -0.610. The topological polar surface area (TPSA) is 61.6 Å². The molecular formula is C12H25NO3. The van der Waals surface area contributed by atoms with Crippen molar-refractivity contribution in [2.24, 2.45) is 5.73 Å². The van der Waals surface area contributed by atoms with Gasteiger partial charge in [0, 0.05) is 19.6 Å². The molecule has 4 heteroatoms. The molecule has 0 bridgehead atoms. The molecule has 0 aliphatic heterocycles. The molecule has 0 saturated heterocycles. The van der Waals surface area contributed by atoms with Crippen LogP contribution in [0.15, 0.2) is 0 Å². The lowest BCUT2D eigenvalue weighted by Gasteiger charge is -2.22. The molecule has 0 fully saturated rings. The Bertz CT molecular complexity index is 204. The van der Waals surface area contributed by atoms with Gasteiger partial charge >= 0.3 is 5.97 Å². The number of rotatable bonds is 8. The maximum atomic E-state index is 11.4. The standard InChI is InChI=1S/C12H25NO3/c1-5-6-10(13)9-11(14)16-8-7-12(2,3)15-4/h10H,5-9,13H2,1-4H3. The minimum Gasteiger partial charge on any atom is -0.466 e. The fourth-order valence-electron chi connectivity index (χ4n) is 1.26. The molecule has 0 aromatic heterocycles. The second-order valence-electron chi connectivity index (χ2n) is 4.69. The predicted octanol–water partition coefficient (Wildman–Crippen LogP) is 1.86. The quantitative estimate of drug-likeness (QED) is 0.648. The second kappa shape index (κ2) is 7.63. The Kier molecular flexibility index (Phi) is 7.34. The van der Waals surface area contributed by atoms with E-state index in [0.717, 1.165) is 12.8 Å². The van der Waals surface area contributed by atoms with Crippen molar-refractivity contribution < 1.29 is 14.3 Å². The van der Waals surface area contributed by atoms with Crippen molar-refractivity contribution in [2.75, 3.05) is 13.7 Å².